The van der Waals surface area contributed by atoms with E-state index in [-0.39, 0.29) is 17.6 Å². The molecule has 2 N–H and O–H groups in total. The second-order valence-electron chi connectivity index (χ2n) is 6.12. The highest BCUT2D eigenvalue weighted by atomic mass is 16.5. The number of nitrogens with zero attached hydrogens (tertiary/aromatic N) is 5. The summed E-state index contributed by atoms with van der Waals surface area (Å²) >= 11 is 0. The molecule has 0 aliphatic carbocycles. The maximum absolute atomic E-state index is 12.1. The lowest BCUT2D eigenvalue weighted by Crippen LogP contribution is -2.30. The van der Waals surface area contributed by atoms with Crippen LogP contribution in [0.1, 0.15) is 16.5 Å². The van der Waals surface area contributed by atoms with Crippen molar-refractivity contribution in [3.63, 3.8) is 0 Å². The van der Waals surface area contributed by atoms with E-state index >= 15 is 0 Å². The van der Waals surface area contributed by atoms with Crippen molar-refractivity contribution in [3.8, 4) is 17.1 Å². The molecule has 3 aromatic rings. The molecule has 1 aliphatic heterocycles. The number of nitrogens with one attached hydrogen (secondary N) is 2. The van der Waals surface area contributed by atoms with Crippen LogP contribution >= 0.6 is 0 Å². The number of methoxy groups -OCH3 is 1. The Morgan fingerprint density at radius 3 is 2.86 bits per heavy atom. The molecule has 0 bridgehead atoms. The molecule has 0 spiro atoms. The van der Waals surface area contributed by atoms with Crippen LogP contribution in [0.2, 0.25) is 0 Å². The number of ether oxygens (including phenoxy) is 2. The van der Waals surface area contributed by atoms with Crippen LogP contribution in [0.15, 0.2) is 36.8 Å². The van der Waals surface area contributed by atoms with E-state index in [0.29, 0.717) is 36.2 Å². The van der Waals surface area contributed by atoms with Crippen LogP contribution < -0.4 is 15.4 Å². The van der Waals surface area contributed by atoms with Crippen LogP contribution in [0.5, 0.6) is 5.75 Å². The summed E-state index contributed by atoms with van der Waals surface area (Å²) in [4.78, 5) is 16.5. The quantitative estimate of drug-likeness (QED) is 0.659. The molecule has 0 radical (unpaired) electrons. The minimum Gasteiger partial charge on any atom is -0.494 e. The van der Waals surface area contributed by atoms with Crippen LogP contribution in [0, 0.1) is 0 Å². The van der Waals surface area contributed by atoms with Gasteiger partial charge in [-0.05, 0) is 18.2 Å². The Labute approximate surface area is 160 Å². The van der Waals surface area contributed by atoms with Crippen LogP contribution in [0.25, 0.3) is 11.4 Å². The van der Waals surface area contributed by atoms with Gasteiger partial charge in [0.2, 0.25) is 0 Å². The van der Waals surface area contributed by atoms with Gasteiger partial charge in [0.1, 0.15) is 12.4 Å². The Morgan fingerprint density at radius 1 is 1.29 bits per heavy atom. The van der Waals surface area contributed by atoms with Crippen molar-refractivity contribution < 1.29 is 14.3 Å². The van der Waals surface area contributed by atoms with E-state index in [9.17, 15) is 4.79 Å². The van der Waals surface area contributed by atoms with Gasteiger partial charge in [-0.25, -0.2) is 9.67 Å². The second kappa shape index (κ2) is 7.61. The summed E-state index contributed by atoms with van der Waals surface area (Å²) in [6, 6.07) is 7.47. The molecule has 1 aromatic carbocycles. The fourth-order valence-corrected chi connectivity index (χ4v) is 2.85. The van der Waals surface area contributed by atoms with Crippen molar-refractivity contribution in [1.29, 1.82) is 0 Å². The van der Waals surface area contributed by atoms with Gasteiger partial charge in [-0.1, -0.05) is 6.07 Å². The molecule has 1 fully saturated rings. The summed E-state index contributed by atoms with van der Waals surface area (Å²) in [7, 11) is 3.11. The zero-order chi connectivity index (χ0) is 19.5. The van der Waals surface area contributed by atoms with Gasteiger partial charge < -0.3 is 20.1 Å². The van der Waals surface area contributed by atoms with Gasteiger partial charge in [0, 0.05) is 7.05 Å². The Hall–Kier alpha value is -3.53. The summed E-state index contributed by atoms with van der Waals surface area (Å²) in [5, 5.41) is 18.0. The van der Waals surface area contributed by atoms with E-state index in [1.807, 2.05) is 18.2 Å². The van der Waals surface area contributed by atoms with Crippen molar-refractivity contribution in [2.75, 3.05) is 32.7 Å². The summed E-state index contributed by atoms with van der Waals surface area (Å²) in [5.74, 6) is 0.769. The smallest absolute Gasteiger partial charge is 0.273 e. The molecule has 1 saturated heterocycles. The normalized spacial score (nSPS) is 13.6. The molecule has 4 rings (SSSR count). The van der Waals surface area contributed by atoms with Gasteiger partial charge in [-0.15, -0.1) is 5.10 Å². The Bertz CT molecular complexity index is 1000. The van der Waals surface area contributed by atoms with Crippen LogP contribution in [-0.2, 0) is 4.74 Å². The van der Waals surface area contributed by atoms with Gasteiger partial charge >= 0.3 is 0 Å². The van der Waals surface area contributed by atoms with Crippen molar-refractivity contribution in [2.45, 2.75) is 6.04 Å². The highest BCUT2D eigenvalue weighted by Crippen LogP contribution is 2.37. The molecule has 10 nitrogen and oxygen atoms in total. The highest BCUT2D eigenvalue weighted by Gasteiger charge is 2.23. The van der Waals surface area contributed by atoms with E-state index < -0.39 is 0 Å². The first-order chi connectivity index (χ1) is 13.7. The Morgan fingerprint density at radius 2 is 2.14 bits per heavy atom. The van der Waals surface area contributed by atoms with Crippen LogP contribution in [0.4, 0.5) is 11.4 Å². The number of aromatic nitrogens is 5. The predicted molar refractivity (Wildman–Crippen MR) is 101 cm³/mol. The zero-order valence-corrected chi connectivity index (χ0v) is 15.4. The predicted octanol–water partition coefficient (Wildman–Crippen LogP) is 1.42. The maximum atomic E-state index is 12.1. The number of hydrogen-bond acceptors (Lipinski definition) is 8. The third-order valence-corrected chi connectivity index (χ3v) is 4.40. The molecule has 144 valence electrons. The molecular formula is C18H19N7O3. The van der Waals surface area contributed by atoms with Crippen molar-refractivity contribution in [2.24, 2.45) is 0 Å². The van der Waals surface area contributed by atoms with E-state index in [4.69, 9.17) is 9.47 Å². The van der Waals surface area contributed by atoms with Gasteiger partial charge in [0.25, 0.3) is 5.91 Å². The topological polar surface area (TPSA) is 116 Å². The number of benzene rings is 1. The monoisotopic (exact) mass is 381 g/mol. The number of amides is 1. The minimum absolute atomic E-state index is 0.185. The van der Waals surface area contributed by atoms with E-state index in [0.717, 1.165) is 5.56 Å². The average Bonchev–Trinajstić information content (AvgIpc) is 3.15. The maximum Gasteiger partial charge on any atom is 0.273 e. The molecule has 28 heavy (non-hydrogen) atoms. The van der Waals surface area contributed by atoms with Crippen molar-refractivity contribution in [1.82, 2.24) is 30.3 Å². The first kappa shape index (κ1) is 17.9. The van der Waals surface area contributed by atoms with E-state index in [1.165, 1.54) is 13.2 Å². The lowest BCUT2D eigenvalue weighted by atomic mass is 10.1. The largest absolute Gasteiger partial charge is 0.494 e. The Kier molecular flexibility index (Phi) is 4.85. The SMILES string of the molecule is CNC(=O)c1nnccc1Nc1cccc(-c2ncn(C3COC3)n2)c1OC. The summed E-state index contributed by atoms with van der Waals surface area (Å²) in [6.45, 7) is 1.28. The molecule has 0 atom stereocenters. The second-order valence-corrected chi connectivity index (χ2v) is 6.12. The number of rotatable bonds is 6. The van der Waals surface area contributed by atoms with Crippen molar-refractivity contribution >= 4 is 17.3 Å². The van der Waals surface area contributed by atoms with Gasteiger partial charge in [0.05, 0.1) is 43.5 Å². The van der Waals surface area contributed by atoms with Crippen molar-refractivity contribution in [3.05, 3.63) is 42.5 Å². The lowest BCUT2D eigenvalue weighted by molar-refractivity contribution is -0.0287. The summed E-state index contributed by atoms with van der Waals surface area (Å²) in [6.07, 6.45) is 3.20. The van der Waals surface area contributed by atoms with Gasteiger partial charge in [-0.3, -0.25) is 4.79 Å². The number of anilines is 2. The molecule has 0 unspecified atom stereocenters. The fourth-order valence-electron chi connectivity index (χ4n) is 2.85. The zero-order valence-electron chi connectivity index (χ0n) is 15.4. The standard InChI is InChI=1S/C18H19N7O3/c1-19-18(26)15-13(6-7-21-23-15)22-14-5-3-4-12(16(14)27-2)17-20-10-25(24-17)11-8-28-9-11/h3-7,10-11H,8-9H2,1-2H3,(H,19,26)(H,21,22). The molecule has 0 saturated carbocycles. The highest BCUT2D eigenvalue weighted by molar-refractivity contribution is 5.98. The van der Waals surface area contributed by atoms with E-state index in [2.05, 4.69) is 30.9 Å². The first-order valence-corrected chi connectivity index (χ1v) is 8.68. The molecular weight excluding hydrogens is 362 g/mol. The van der Waals surface area contributed by atoms with Crippen LogP contribution in [0.3, 0.4) is 0 Å². The molecule has 10 heteroatoms. The van der Waals surface area contributed by atoms with Gasteiger partial charge in [0.15, 0.2) is 17.3 Å². The first-order valence-electron chi connectivity index (χ1n) is 8.68. The molecule has 1 amide bonds. The van der Waals surface area contributed by atoms with E-state index in [1.54, 1.807) is 24.2 Å². The summed E-state index contributed by atoms with van der Waals surface area (Å²) in [5.41, 5.74) is 2.08. The molecule has 3 heterocycles. The summed E-state index contributed by atoms with van der Waals surface area (Å²) < 4.78 is 12.6. The number of hydrogen-bond donors (Lipinski definition) is 2. The molecule has 2 aromatic heterocycles. The van der Waals surface area contributed by atoms with Crippen LogP contribution in [-0.4, -0.2) is 58.2 Å². The average molecular weight is 381 g/mol. The lowest BCUT2D eigenvalue weighted by Gasteiger charge is -2.25. The number of carbonyl (C=O) groups excluding carboxylic acids is 1. The number of para-hydroxylation sites is 1. The third-order valence-electron chi connectivity index (χ3n) is 4.40. The fraction of sp³-hybridized carbons (Fsp3) is 0.278. The molecule has 1 aliphatic rings. The minimum atomic E-state index is -0.339. The number of carbonyl (C=O) groups is 1. The van der Waals surface area contributed by atoms with Gasteiger partial charge in [-0.2, -0.15) is 10.2 Å². The Balaban J connectivity index is 1.69. The third kappa shape index (κ3) is 3.25.